The lowest BCUT2D eigenvalue weighted by Gasteiger charge is -2.44. The highest BCUT2D eigenvalue weighted by Crippen LogP contribution is 2.34. The molecule has 0 radical (unpaired) electrons. The fourth-order valence-corrected chi connectivity index (χ4v) is 8.07. The average Bonchev–Trinajstić information content (AvgIpc) is 3.28. The van der Waals surface area contributed by atoms with Crippen LogP contribution in [0.5, 0.6) is 5.75 Å². The van der Waals surface area contributed by atoms with Gasteiger partial charge in [-0.1, -0.05) is 41.4 Å². The van der Waals surface area contributed by atoms with Crippen molar-refractivity contribution in [2.45, 2.75) is 75.2 Å². The number of carbonyl (C=O) groups excluding carboxylic acids is 3. The van der Waals surface area contributed by atoms with Crippen LogP contribution in [0.15, 0.2) is 36.4 Å². The van der Waals surface area contributed by atoms with Crippen LogP contribution >= 0.6 is 23.2 Å². The first-order valence-corrected chi connectivity index (χ1v) is 17.9. The van der Waals surface area contributed by atoms with Crippen molar-refractivity contribution >= 4 is 46.9 Å². The maximum absolute atomic E-state index is 14.0. The molecule has 4 aliphatic heterocycles. The standard InChI is InChI=1S/C35H45Cl2N5O7/c36-27-19-23(20-28(37)31(27)44)21-30(32(45)40-12-6-25(7-13-40)39-17-10-35(48,22-43)11-18-39)49-34(47)41-14-8-26(9-15-41)42-16-5-24-3-1-2-4-29(24)38-33(42)46/h1-4,19-20,25-26,30,43-44,48H,5-18,21-22H2,(H,38,46)/t30-/m1/s1. The molecule has 2 aromatic carbocycles. The highest BCUT2D eigenvalue weighted by atomic mass is 35.5. The normalized spacial score (nSPS) is 21.5. The van der Waals surface area contributed by atoms with Crippen LogP contribution in [-0.2, 0) is 22.4 Å². The highest BCUT2D eigenvalue weighted by molar-refractivity contribution is 6.37. The number of aliphatic hydroxyl groups is 2. The van der Waals surface area contributed by atoms with Crippen molar-refractivity contribution in [3.8, 4) is 5.75 Å². The van der Waals surface area contributed by atoms with Gasteiger partial charge in [-0.05, 0) is 74.3 Å². The van der Waals surface area contributed by atoms with E-state index in [0.717, 1.165) is 30.5 Å². The zero-order chi connectivity index (χ0) is 34.7. The summed E-state index contributed by atoms with van der Waals surface area (Å²) in [5.41, 5.74) is 1.45. The van der Waals surface area contributed by atoms with Crippen LogP contribution in [0.3, 0.4) is 0 Å². The molecule has 1 atom stereocenters. The van der Waals surface area contributed by atoms with Gasteiger partial charge in [0.2, 0.25) is 0 Å². The van der Waals surface area contributed by atoms with Gasteiger partial charge in [0.05, 0.1) is 22.3 Å². The predicted molar refractivity (Wildman–Crippen MR) is 185 cm³/mol. The zero-order valence-corrected chi connectivity index (χ0v) is 29.0. The minimum absolute atomic E-state index is 0.0288. The van der Waals surface area contributed by atoms with E-state index in [2.05, 4.69) is 10.2 Å². The van der Waals surface area contributed by atoms with Crippen LogP contribution in [0.1, 0.15) is 49.7 Å². The van der Waals surface area contributed by atoms with Gasteiger partial charge in [-0.3, -0.25) is 4.79 Å². The summed E-state index contributed by atoms with van der Waals surface area (Å²) in [5, 5.41) is 33.1. The smallest absolute Gasteiger partial charge is 0.410 e. The first-order valence-electron chi connectivity index (χ1n) is 17.2. The number of aliphatic hydroxyl groups excluding tert-OH is 1. The van der Waals surface area contributed by atoms with E-state index >= 15 is 0 Å². The number of urea groups is 1. The van der Waals surface area contributed by atoms with Gasteiger partial charge < -0.3 is 45.0 Å². The third-order valence-electron chi connectivity index (χ3n) is 10.6. The molecule has 2 aromatic rings. The Morgan fingerprint density at radius 3 is 2.18 bits per heavy atom. The predicted octanol–water partition coefficient (Wildman–Crippen LogP) is 4.11. The lowest BCUT2D eigenvalue weighted by atomic mass is 9.90. The molecular formula is C35H45Cl2N5O7. The van der Waals surface area contributed by atoms with Gasteiger partial charge in [0.1, 0.15) is 0 Å². The summed E-state index contributed by atoms with van der Waals surface area (Å²) in [6.45, 7) is 3.45. The molecule has 6 rings (SSSR count). The van der Waals surface area contributed by atoms with E-state index in [1.165, 1.54) is 12.1 Å². The van der Waals surface area contributed by atoms with Gasteiger partial charge in [0.15, 0.2) is 11.9 Å². The number of halogens is 2. The Bertz CT molecular complexity index is 1500. The monoisotopic (exact) mass is 717 g/mol. The Morgan fingerprint density at radius 2 is 1.53 bits per heavy atom. The third-order valence-corrected chi connectivity index (χ3v) is 11.2. The number of hydrogen-bond donors (Lipinski definition) is 4. The Balaban J connectivity index is 1.07. The summed E-state index contributed by atoms with van der Waals surface area (Å²) in [7, 11) is 0. The number of piperidine rings is 3. The van der Waals surface area contributed by atoms with E-state index in [-0.39, 0.29) is 52.8 Å². The number of benzene rings is 2. The van der Waals surface area contributed by atoms with Crippen LogP contribution in [0, 0.1) is 0 Å². The topological polar surface area (TPSA) is 146 Å². The first-order chi connectivity index (χ1) is 23.5. The summed E-state index contributed by atoms with van der Waals surface area (Å²) >= 11 is 12.4. The van der Waals surface area contributed by atoms with Crippen molar-refractivity contribution in [3.63, 3.8) is 0 Å². The van der Waals surface area contributed by atoms with Crippen molar-refractivity contribution in [2.24, 2.45) is 0 Å². The van der Waals surface area contributed by atoms with Crippen molar-refractivity contribution in [3.05, 3.63) is 57.6 Å². The molecule has 0 spiro atoms. The van der Waals surface area contributed by atoms with Crippen molar-refractivity contribution in [1.82, 2.24) is 19.6 Å². The summed E-state index contributed by atoms with van der Waals surface area (Å²) < 4.78 is 5.95. The number of amides is 4. The molecule has 3 saturated heterocycles. The Kier molecular flexibility index (Phi) is 11.1. The molecule has 0 saturated carbocycles. The number of ether oxygens (including phenoxy) is 1. The van der Waals surface area contributed by atoms with E-state index < -0.39 is 17.8 Å². The number of aromatic hydroxyl groups is 1. The Hall–Kier alpha value is -3.29. The Morgan fingerprint density at radius 1 is 0.918 bits per heavy atom. The number of nitrogens with zero attached hydrogens (tertiary/aromatic N) is 4. The van der Waals surface area contributed by atoms with Gasteiger partial charge in [-0.15, -0.1) is 0 Å². The second kappa shape index (κ2) is 15.3. The number of fused-ring (bicyclic) bond motifs is 1. The average molecular weight is 719 g/mol. The molecular weight excluding hydrogens is 673 g/mol. The largest absolute Gasteiger partial charge is 0.505 e. The number of hydrogen-bond acceptors (Lipinski definition) is 8. The number of nitrogens with one attached hydrogen (secondary N) is 1. The zero-order valence-electron chi connectivity index (χ0n) is 27.5. The molecule has 49 heavy (non-hydrogen) atoms. The number of para-hydroxylation sites is 1. The van der Waals surface area contributed by atoms with Gasteiger partial charge >= 0.3 is 12.1 Å². The van der Waals surface area contributed by atoms with Crippen molar-refractivity contribution < 1.29 is 34.4 Å². The third kappa shape index (κ3) is 8.20. The molecule has 0 aromatic heterocycles. The fraction of sp³-hybridized carbons (Fsp3) is 0.571. The van der Waals surface area contributed by atoms with Gasteiger partial charge in [0, 0.05) is 70.0 Å². The summed E-state index contributed by atoms with van der Waals surface area (Å²) in [5.74, 6) is -0.565. The molecule has 4 heterocycles. The van der Waals surface area contributed by atoms with E-state index in [0.29, 0.717) is 77.1 Å². The molecule has 3 fully saturated rings. The second-order valence-corrected chi connectivity index (χ2v) is 14.5. The molecule has 266 valence electrons. The number of phenolic OH excluding ortho intramolecular Hbond substituents is 1. The van der Waals surface area contributed by atoms with Crippen LogP contribution in [0.4, 0.5) is 15.3 Å². The number of carbonyl (C=O) groups is 3. The summed E-state index contributed by atoms with van der Waals surface area (Å²) in [4.78, 5) is 48.1. The van der Waals surface area contributed by atoms with Crippen LogP contribution in [0.25, 0.3) is 0 Å². The summed E-state index contributed by atoms with van der Waals surface area (Å²) in [6, 6.07) is 10.9. The number of rotatable bonds is 7. The number of anilines is 1. The second-order valence-electron chi connectivity index (χ2n) is 13.7. The number of phenols is 1. The van der Waals surface area contributed by atoms with Crippen LogP contribution in [-0.4, -0.2) is 129 Å². The molecule has 12 nitrogen and oxygen atoms in total. The van der Waals surface area contributed by atoms with Gasteiger partial charge in [-0.2, -0.15) is 0 Å². The molecule has 0 aliphatic carbocycles. The SMILES string of the molecule is O=C(O[C@H](Cc1cc(Cl)c(O)c(Cl)c1)C(=O)N1CCC(N2CCC(O)(CO)CC2)CC1)N1CCC(N2CCc3ccccc3NC2=O)CC1. The fourth-order valence-electron chi connectivity index (χ4n) is 7.54. The molecule has 4 aliphatic rings. The highest BCUT2D eigenvalue weighted by Gasteiger charge is 2.38. The maximum atomic E-state index is 14.0. The minimum atomic E-state index is -1.14. The lowest BCUT2D eigenvalue weighted by Crippen LogP contribution is -2.54. The van der Waals surface area contributed by atoms with E-state index in [9.17, 15) is 29.7 Å². The molecule has 4 N–H and O–H groups in total. The number of likely N-dealkylation sites (tertiary alicyclic amines) is 3. The van der Waals surface area contributed by atoms with Gasteiger partial charge in [-0.25, -0.2) is 9.59 Å². The van der Waals surface area contributed by atoms with Crippen molar-refractivity contribution in [1.29, 1.82) is 0 Å². The quantitative estimate of drug-likeness (QED) is 0.335. The minimum Gasteiger partial charge on any atom is -0.505 e. The molecule has 4 amide bonds. The van der Waals surface area contributed by atoms with Gasteiger partial charge in [0.25, 0.3) is 5.91 Å². The van der Waals surface area contributed by atoms with Crippen LogP contribution < -0.4 is 5.32 Å². The summed E-state index contributed by atoms with van der Waals surface area (Å²) in [6.07, 6.45) is 2.70. The van der Waals surface area contributed by atoms with E-state index in [1.54, 1.807) is 9.80 Å². The van der Waals surface area contributed by atoms with E-state index in [4.69, 9.17) is 27.9 Å². The lowest BCUT2D eigenvalue weighted by molar-refractivity contribution is -0.143. The molecule has 0 bridgehead atoms. The maximum Gasteiger partial charge on any atom is 0.410 e. The molecule has 0 unspecified atom stereocenters. The van der Waals surface area contributed by atoms with Crippen LogP contribution in [0.2, 0.25) is 10.0 Å². The van der Waals surface area contributed by atoms with Crippen molar-refractivity contribution in [2.75, 3.05) is 57.7 Å². The first kappa shape index (κ1) is 35.5. The molecule has 14 heteroatoms. The van der Waals surface area contributed by atoms with E-state index in [1.807, 2.05) is 29.2 Å². The Labute approximate surface area is 296 Å².